The zero-order valence-corrected chi connectivity index (χ0v) is 13.1. The summed E-state index contributed by atoms with van der Waals surface area (Å²) in [5.74, 6) is -0.245. The zero-order chi connectivity index (χ0) is 17.2. The van der Waals surface area contributed by atoms with Crippen molar-refractivity contribution in [1.29, 1.82) is 0 Å². The van der Waals surface area contributed by atoms with Crippen molar-refractivity contribution in [2.24, 2.45) is 0 Å². The molecule has 128 valence electrons. The maximum absolute atomic E-state index is 13.0. The lowest BCUT2D eigenvalue weighted by molar-refractivity contribution is -0.914. The highest BCUT2D eigenvalue weighted by Gasteiger charge is 2.30. The molecule has 1 aliphatic rings. The second-order valence-electron chi connectivity index (χ2n) is 6.08. The summed E-state index contributed by atoms with van der Waals surface area (Å²) in [6, 6.07) is 11.9. The Morgan fingerprint density at radius 2 is 1.46 bits per heavy atom. The number of quaternary nitrogens is 1. The zero-order valence-electron chi connectivity index (χ0n) is 13.1. The van der Waals surface area contributed by atoms with Gasteiger partial charge in [-0.15, -0.1) is 0 Å². The summed E-state index contributed by atoms with van der Waals surface area (Å²) in [6.07, 6.45) is -4.29. The summed E-state index contributed by atoms with van der Waals surface area (Å²) in [5.41, 5.74) is 1.31. The van der Waals surface area contributed by atoms with Crippen LogP contribution >= 0.6 is 0 Å². The van der Waals surface area contributed by atoms with E-state index in [1.54, 1.807) is 24.3 Å². The normalized spacial score (nSPS) is 16.4. The van der Waals surface area contributed by atoms with Crippen LogP contribution in [0.5, 0.6) is 0 Å². The van der Waals surface area contributed by atoms with Gasteiger partial charge in [0.2, 0.25) is 0 Å². The Bertz CT molecular complexity index is 657. The fraction of sp³-hybridized carbons (Fsp3) is 0.333. The molecule has 1 heterocycles. The maximum atomic E-state index is 13.0. The molecule has 0 radical (unpaired) electrons. The maximum Gasteiger partial charge on any atom is 0.416 e. The van der Waals surface area contributed by atoms with E-state index in [4.69, 9.17) is 0 Å². The van der Waals surface area contributed by atoms with E-state index in [2.05, 4.69) is 4.90 Å². The van der Waals surface area contributed by atoms with Crippen molar-refractivity contribution in [3.05, 3.63) is 65.5 Å². The smallest absolute Gasteiger partial charge is 0.360 e. The van der Waals surface area contributed by atoms with Gasteiger partial charge in [0.05, 0.1) is 31.7 Å². The number of alkyl halides is 3. The third kappa shape index (κ3) is 4.06. The first-order valence-electron chi connectivity index (χ1n) is 7.92. The molecule has 0 aliphatic carbocycles. The summed E-state index contributed by atoms with van der Waals surface area (Å²) >= 11 is 0. The Balaban J connectivity index is 1.54. The molecule has 0 unspecified atom stereocenters. The van der Waals surface area contributed by atoms with Crippen LogP contribution < -0.4 is 9.80 Å². The first kappa shape index (κ1) is 16.8. The summed E-state index contributed by atoms with van der Waals surface area (Å²) < 4.78 is 50.7. The molecule has 3 rings (SSSR count). The van der Waals surface area contributed by atoms with Crippen LogP contribution in [0, 0.1) is 5.82 Å². The van der Waals surface area contributed by atoms with Gasteiger partial charge in [0, 0.05) is 11.3 Å². The Hall–Kier alpha value is -2.08. The second-order valence-corrected chi connectivity index (χ2v) is 6.08. The predicted molar refractivity (Wildman–Crippen MR) is 84.5 cm³/mol. The van der Waals surface area contributed by atoms with Crippen LogP contribution in [-0.4, -0.2) is 26.2 Å². The van der Waals surface area contributed by atoms with Crippen LogP contribution in [0.4, 0.5) is 23.2 Å². The molecule has 0 atom stereocenters. The van der Waals surface area contributed by atoms with Gasteiger partial charge < -0.3 is 9.80 Å². The average molecular weight is 339 g/mol. The Morgan fingerprint density at radius 1 is 0.875 bits per heavy atom. The minimum absolute atomic E-state index is 0.245. The topological polar surface area (TPSA) is 7.68 Å². The molecule has 6 heteroatoms. The van der Waals surface area contributed by atoms with E-state index in [0.717, 1.165) is 56.1 Å². The third-order valence-corrected chi connectivity index (χ3v) is 4.40. The van der Waals surface area contributed by atoms with Gasteiger partial charge in [-0.2, -0.15) is 13.2 Å². The number of anilines is 1. The lowest BCUT2D eigenvalue weighted by Crippen LogP contribution is -3.13. The number of hydrogen-bond acceptors (Lipinski definition) is 1. The van der Waals surface area contributed by atoms with Gasteiger partial charge in [0.15, 0.2) is 0 Å². The van der Waals surface area contributed by atoms with E-state index < -0.39 is 11.7 Å². The summed E-state index contributed by atoms with van der Waals surface area (Å²) in [5, 5.41) is 0. The average Bonchev–Trinajstić information content (AvgIpc) is 2.56. The number of benzene rings is 2. The van der Waals surface area contributed by atoms with Crippen molar-refractivity contribution in [2.45, 2.75) is 12.7 Å². The van der Waals surface area contributed by atoms with Crippen molar-refractivity contribution in [3.63, 3.8) is 0 Å². The Kier molecular flexibility index (Phi) is 4.76. The molecule has 2 aromatic rings. The van der Waals surface area contributed by atoms with Crippen LogP contribution in [0.15, 0.2) is 48.5 Å². The molecular formula is C18H19F4N2+. The van der Waals surface area contributed by atoms with Crippen molar-refractivity contribution in [2.75, 3.05) is 31.1 Å². The first-order valence-corrected chi connectivity index (χ1v) is 7.92. The number of rotatable bonds is 3. The largest absolute Gasteiger partial charge is 0.416 e. The standard InChI is InChI=1S/C18H18F4N2/c19-16-5-7-17(8-6-16)24-11-9-23(10-12-24)13-14-1-3-15(4-2-14)18(20,21)22/h1-8H,9-13H2/p+1. The minimum atomic E-state index is -4.29. The number of piperazine rings is 1. The van der Waals surface area contributed by atoms with Crippen LogP contribution in [0.25, 0.3) is 0 Å². The quantitative estimate of drug-likeness (QED) is 0.845. The summed E-state index contributed by atoms with van der Waals surface area (Å²) in [4.78, 5) is 3.54. The van der Waals surface area contributed by atoms with Gasteiger partial charge in [-0.1, -0.05) is 12.1 Å². The molecule has 2 nitrogen and oxygen atoms in total. The van der Waals surface area contributed by atoms with Crippen LogP contribution in [0.3, 0.4) is 0 Å². The monoisotopic (exact) mass is 339 g/mol. The fourth-order valence-electron chi connectivity index (χ4n) is 3.01. The number of hydrogen-bond donors (Lipinski definition) is 1. The summed E-state index contributed by atoms with van der Waals surface area (Å²) in [6.45, 7) is 4.22. The van der Waals surface area contributed by atoms with E-state index >= 15 is 0 Å². The molecule has 0 aromatic heterocycles. The molecule has 1 N–H and O–H groups in total. The molecule has 1 fully saturated rings. The highest BCUT2D eigenvalue weighted by molar-refractivity contribution is 5.46. The van der Waals surface area contributed by atoms with Gasteiger partial charge >= 0.3 is 6.18 Å². The van der Waals surface area contributed by atoms with E-state index in [1.165, 1.54) is 17.0 Å². The fourth-order valence-corrected chi connectivity index (χ4v) is 3.01. The predicted octanol–water partition coefficient (Wildman–Crippen LogP) is 2.75. The molecular weight excluding hydrogens is 320 g/mol. The molecule has 24 heavy (non-hydrogen) atoms. The highest BCUT2D eigenvalue weighted by Crippen LogP contribution is 2.29. The molecule has 0 amide bonds. The van der Waals surface area contributed by atoms with E-state index in [1.807, 2.05) is 0 Å². The third-order valence-electron chi connectivity index (χ3n) is 4.40. The van der Waals surface area contributed by atoms with E-state index in [0.29, 0.717) is 0 Å². The van der Waals surface area contributed by atoms with Gasteiger partial charge in [0.25, 0.3) is 0 Å². The second kappa shape index (κ2) is 6.81. The van der Waals surface area contributed by atoms with Crippen molar-refractivity contribution >= 4 is 5.69 Å². The van der Waals surface area contributed by atoms with Gasteiger partial charge in [0.1, 0.15) is 12.4 Å². The minimum Gasteiger partial charge on any atom is -0.360 e. The molecule has 0 saturated carbocycles. The van der Waals surface area contributed by atoms with Crippen LogP contribution in [0.2, 0.25) is 0 Å². The van der Waals surface area contributed by atoms with Crippen LogP contribution in [-0.2, 0) is 12.7 Å². The van der Waals surface area contributed by atoms with Crippen LogP contribution in [0.1, 0.15) is 11.1 Å². The van der Waals surface area contributed by atoms with Crippen molar-refractivity contribution < 1.29 is 22.5 Å². The summed E-state index contributed by atoms with van der Waals surface area (Å²) in [7, 11) is 0. The molecule has 2 aromatic carbocycles. The number of nitrogens with one attached hydrogen (secondary N) is 1. The van der Waals surface area contributed by atoms with Gasteiger partial charge in [-0.05, 0) is 36.4 Å². The molecule has 1 saturated heterocycles. The van der Waals surface area contributed by atoms with Gasteiger partial charge in [-0.25, -0.2) is 4.39 Å². The van der Waals surface area contributed by atoms with Crippen molar-refractivity contribution in [3.8, 4) is 0 Å². The van der Waals surface area contributed by atoms with Crippen molar-refractivity contribution in [1.82, 2.24) is 0 Å². The van der Waals surface area contributed by atoms with Gasteiger partial charge in [-0.3, -0.25) is 0 Å². The first-order chi connectivity index (χ1) is 11.4. The SMILES string of the molecule is Fc1ccc(N2CC[NH+](Cc3ccc(C(F)(F)F)cc3)CC2)cc1. The molecule has 0 spiro atoms. The highest BCUT2D eigenvalue weighted by atomic mass is 19.4. The Labute approximate surface area is 138 Å². The van der Waals surface area contributed by atoms with E-state index in [-0.39, 0.29) is 5.82 Å². The molecule has 1 aliphatic heterocycles. The molecule has 0 bridgehead atoms. The Morgan fingerprint density at radius 3 is 2.00 bits per heavy atom. The van der Waals surface area contributed by atoms with E-state index in [9.17, 15) is 17.6 Å². The number of halogens is 4. The lowest BCUT2D eigenvalue weighted by atomic mass is 10.1. The number of nitrogens with zero attached hydrogens (tertiary/aromatic N) is 1. The lowest BCUT2D eigenvalue weighted by Gasteiger charge is -2.33.